The summed E-state index contributed by atoms with van der Waals surface area (Å²) < 4.78 is 0. The Kier molecular flexibility index (Phi) is 2.03. The molecule has 0 aromatic heterocycles. The SMILES string of the molecule is CC1CCc2ccc(O)cc2C1C. The highest BCUT2D eigenvalue weighted by atomic mass is 16.3. The monoisotopic (exact) mass is 176 g/mol. The van der Waals surface area contributed by atoms with E-state index in [-0.39, 0.29) is 0 Å². The molecule has 0 fully saturated rings. The maximum absolute atomic E-state index is 9.39. The smallest absolute Gasteiger partial charge is 0.115 e. The molecule has 1 heteroatoms. The molecule has 2 rings (SSSR count). The van der Waals surface area contributed by atoms with Crippen molar-refractivity contribution >= 4 is 0 Å². The van der Waals surface area contributed by atoms with Crippen LogP contribution in [0, 0.1) is 5.92 Å². The van der Waals surface area contributed by atoms with Gasteiger partial charge in [0, 0.05) is 0 Å². The van der Waals surface area contributed by atoms with E-state index in [2.05, 4.69) is 19.9 Å². The molecule has 0 spiro atoms. The summed E-state index contributed by atoms with van der Waals surface area (Å²) in [6.07, 6.45) is 2.44. The van der Waals surface area contributed by atoms with Crippen molar-refractivity contribution in [2.24, 2.45) is 5.92 Å². The molecule has 1 aliphatic carbocycles. The molecule has 70 valence electrons. The minimum absolute atomic E-state index is 0.403. The molecule has 1 aromatic carbocycles. The minimum Gasteiger partial charge on any atom is -0.508 e. The number of aryl methyl sites for hydroxylation is 1. The van der Waals surface area contributed by atoms with Gasteiger partial charge in [-0.25, -0.2) is 0 Å². The molecule has 1 N–H and O–H groups in total. The standard InChI is InChI=1S/C12H16O/c1-8-3-4-10-5-6-11(13)7-12(10)9(8)2/h5-9,13H,3-4H2,1-2H3. The summed E-state index contributed by atoms with van der Waals surface area (Å²) in [5, 5.41) is 9.39. The summed E-state index contributed by atoms with van der Waals surface area (Å²) in [6.45, 7) is 4.54. The van der Waals surface area contributed by atoms with Gasteiger partial charge in [-0.15, -0.1) is 0 Å². The van der Waals surface area contributed by atoms with Crippen LogP contribution in [0.1, 0.15) is 37.3 Å². The summed E-state index contributed by atoms with van der Waals surface area (Å²) in [7, 11) is 0. The molecule has 0 bridgehead atoms. The second-order valence-electron chi connectivity index (χ2n) is 4.19. The van der Waals surface area contributed by atoms with E-state index in [9.17, 15) is 5.11 Å². The Morgan fingerprint density at radius 3 is 2.85 bits per heavy atom. The molecule has 2 unspecified atom stereocenters. The van der Waals surface area contributed by atoms with Crippen LogP contribution >= 0.6 is 0 Å². The van der Waals surface area contributed by atoms with Crippen LogP contribution in [0.15, 0.2) is 18.2 Å². The van der Waals surface area contributed by atoms with Crippen molar-refractivity contribution in [3.8, 4) is 5.75 Å². The largest absolute Gasteiger partial charge is 0.508 e. The van der Waals surface area contributed by atoms with Crippen LogP contribution in [0.2, 0.25) is 0 Å². The van der Waals surface area contributed by atoms with Crippen molar-refractivity contribution in [3.63, 3.8) is 0 Å². The van der Waals surface area contributed by atoms with E-state index in [1.54, 1.807) is 6.07 Å². The zero-order valence-corrected chi connectivity index (χ0v) is 8.25. The quantitative estimate of drug-likeness (QED) is 0.644. The van der Waals surface area contributed by atoms with Gasteiger partial charge in [0.15, 0.2) is 0 Å². The summed E-state index contributed by atoms with van der Waals surface area (Å²) in [6, 6.07) is 5.78. The molecule has 1 aliphatic rings. The lowest BCUT2D eigenvalue weighted by Gasteiger charge is -2.28. The number of aromatic hydroxyl groups is 1. The number of fused-ring (bicyclic) bond motifs is 1. The van der Waals surface area contributed by atoms with E-state index in [1.807, 2.05) is 6.07 Å². The molecule has 1 aromatic rings. The van der Waals surface area contributed by atoms with Gasteiger partial charge in [-0.3, -0.25) is 0 Å². The fourth-order valence-electron chi connectivity index (χ4n) is 2.17. The average Bonchev–Trinajstić information content (AvgIpc) is 2.12. The summed E-state index contributed by atoms with van der Waals surface area (Å²) in [5.74, 6) is 1.74. The Bertz CT molecular complexity index is 317. The highest BCUT2D eigenvalue weighted by Crippen LogP contribution is 2.36. The van der Waals surface area contributed by atoms with E-state index in [1.165, 1.54) is 24.0 Å². The summed E-state index contributed by atoms with van der Waals surface area (Å²) in [4.78, 5) is 0. The zero-order valence-electron chi connectivity index (χ0n) is 8.25. The lowest BCUT2D eigenvalue weighted by Crippen LogP contribution is -2.15. The minimum atomic E-state index is 0.403. The predicted molar refractivity (Wildman–Crippen MR) is 54.0 cm³/mol. The molecule has 2 atom stereocenters. The van der Waals surface area contributed by atoms with E-state index in [4.69, 9.17) is 0 Å². The average molecular weight is 176 g/mol. The second kappa shape index (κ2) is 3.06. The molecular weight excluding hydrogens is 160 g/mol. The van der Waals surface area contributed by atoms with Gasteiger partial charge in [-0.2, -0.15) is 0 Å². The number of hydrogen-bond donors (Lipinski definition) is 1. The van der Waals surface area contributed by atoms with Crippen LogP contribution in [0.25, 0.3) is 0 Å². The van der Waals surface area contributed by atoms with Crippen molar-refractivity contribution in [1.29, 1.82) is 0 Å². The first kappa shape index (κ1) is 8.61. The molecular formula is C12H16O. The summed E-state index contributed by atoms with van der Waals surface area (Å²) >= 11 is 0. The molecule has 0 heterocycles. The normalized spacial score (nSPS) is 26.9. The molecule has 0 radical (unpaired) electrons. The van der Waals surface area contributed by atoms with Gasteiger partial charge in [-0.1, -0.05) is 19.9 Å². The second-order valence-corrected chi connectivity index (χ2v) is 4.19. The van der Waals surface area contributed by atoms with Crippen LogP contribution < -0.4 is 0 Å². The Hall–Kier alpha value is -0.980. The lowest BCUT2D eigenvalue weighted by atomic mass is 9.77. The fraction of sp³-hybridized carbons (Fsp3) is 0.500. The zero-order chi connectivity index (χ0) is 9.42. The van der Waals surface area contributed by atoms with Crippen LogP contribution in [-0.4, -0.2) is 5.11 Å². The third-order valence-corrected chi connectivity index (χ3v) is 3.34. The van der Waals surface area contributed by atoms with Crippen LogP contribution in [0.4, 0.5) is 0 Å². The van der Waals surface area contributed by atoms with E-state index < -0.39 is 0 Å². The Morgan fingerprint density at radius 1 is 1.31 bits per heavy atom. The molecule has 0 aliphatic heterocycles. The molecule has 1 nitrogen and oxygen atoms in total. The maximum atomic E-state index is 9.39. The van der Waals surface area contributed by atoms with Gasteiger partial charge in [0.25, 0.3) is 0 Å². The number of phenols is 1. The van der Waals surface area contributed by atoms with E-state index in [0.717, 1.165) is 5.92 Å². The van der Waals surface area contributed by atoms with Gasteiger partial charge in [-0.05, 0) is 47.9 Å². The fourth-order valence-corrected chi connectivity index (χ4v) is 2.17. The van der Waals surface area contributed by atoms with Gasteiger partial charge in [0.05, 0.1) is 0 Å². The van der Waals surface area contributed by atoms with Gasteiger partial charge >= 0.3 is 0 Å². The highest BCUT2D eigenvalue weighted by molar-refractivity contribution is 5.38. The number of benzene rings is 1. The lowest BCUT2D eigenvalue weighted by molar-refractivity contribution is 0.420. The molecule has 0 amide bonds. The van der Waals surface area contributed by atoms with Crippen LogP contribution in [0.3, 0.4) is 0 Å². The van der Waals surface area contributed by atoms with Crippen molar-refractivity contribution < 1.29 is 5.11 Å². The molecule has 0 saturated heterocycles. The topological polar surface area (TPSA) is 20.2 Å². The van der Waals surface area contributed by atoms with Crippen LogP contribution in [-0.2, 0) is 6.42 Å². The Morgan fingerprint density at radius 2 is 2.08 bits per heavy atom. The summed E-state index contributed by atoms with van der Waals surface area (Å²) in [5.41, 5.74) is 2.77. The first-order valence-corrected chi connectivity index (χ1v) is 5.00. The number of phenolic OH excluding ortho intramolecular Hbond substituents is 1. The van der Waals surface area contributed by atoms with E-state index in [0.29, 0.717) is 11.7 Å². The third kappa shape index (κ3) is 1.43. The highest BCUT2D eigenvalue weighted by Gasteiger charge is 2.22. The van der Waals surface area contributed by atoms with Crippen LogP contribution in [0.5, 0.6) is 5.75 Å². The molecule has 13 heavy (non-hydrogen) atoms. The maximum Gasteiger partial charge on any atom is 0.115 e. The van der Waals surface area contributed by atoms with Crippen molar-refractivity contribution in [1.82, 2.24) is 0 Å². The van der Waals surface area contributed by atoms with Gasteiger partial charge in [0.1, 0.15) is 5.75 Å². The van der Waals surface area contributed by atoms with Crippen molar-refractivity contribution in [2.45, 2.75) is 32.6 Å². The predicted octanol–water partition coefficient (Wildman–Crippen LogP) is 3.08. The number of rotatable bonds is 0. The van der Waals surface area contributed by atoms with Gasteiger partial charge in [0.2, 0.25) is 0 Å². The van der Waals surface area contributed by atoms with E-state index >= 15 is 0 Å². The first-order chi connectivity index (χ1) is 6.18. The van der Waals surface area contributed by atoms with Crippen molar-refractivity contribution in [3.05, 3.63) is 29.3 Å². The third-order valence-electron chi connectivity index (χ3n) is 3.34. The Labute approximate surface area is 79.4 Å². The molecule has 0 saturated carbocycles. The van der Waals surface area contributed by atoms with Crippen molar-refractivity contribution in [2.75, 3.05) is 0 Å². The first-order valence-electron chi connectivity index (χ1n) is 5.00. The number of hydrogen-bond acceptors (Lipinski definition) is 1. The Balaban J connectivity index is 2.45. The van der Waals surface area contributed by atoms with Gasteiger partial charge < -0.3 is 5.11 Å².